The van der Waals surface area contributed by atoms with Gasteiger partial charge in [0, 0.05) is 10.8 Å². The summed E-state index contributed by atoms with van der Waals surface area (Å²) in [5.41, 5.74) is 1.32. The maximum Gasteiger partial charge on any atom is 0.294 e. The van der Waals surface area contributed by atoms with Crippen molar-refractivity contribution in [3.8, 4) is 11.8 Å². The number of aromatic hydroxyl groups is 1. The summed E-state index contributed by atoms with van der Waals surface area (Å²) in [6.45, 7) is 0. The average Bonchev–Trinajstić information content (AvgIpc) is 2.60. The van der Waals surface area contributed by atoms with Gasteiger partial charge in [0.25, 0.3) is 10.1 Å². The minimum Gasteiger partial charge on any atom is -0.507 e. The van der Waals surface area contributed by atoms with Gasteiger partial charge in [0.15, 0.2) is 0 Å². The lowest BCUT2D eigenvalue weighted by Crippen LogP contribution is -1.97. The molecule has 0 atom stereocenters. The average molecular weight is 353 g/mol. The number of rotatable bonds is 3. The van der Waals surface area contributed by atoms with E-state index in [1.54, 1.807) is 24.3 Å². The Labute approximate surface area is 143 Å². The summed E-state index contributed by atoms with van der Waals surface area (Å²) in [5.74, 6) is -0.0470. The van der Waals surface area contributed by atoms with Gasteiger partial charge < -0.3 is 5.11 Å². The fourth-order valence-corrected chi connectivity index (χ4v) is 2.76. The van der Waals surface area contributed by atoms with Crippen LogP contribution in [0.2, 0.25) is 0 Å². The molecule has 3 aromatic carbocycles. The van der Waals surface area contributed by atoms with Crippen LogP contribution in [0.3, 0.4) is 0 Å². The molecular formula is C17H11N3O4S. The van der Waals surface area contributed by atoms with Crippen molar-refractivity contribution in [2.45, 2.75) is 4.90 Å². The number of benzene rings is 3. The smallest absolute Gasteiger partial charge is 0.294 e. The second-order valence-electron chi connectivity index (χ2n) is 5.14. The van der Waals surface area contributed by atoms with Crippen molar-refractivity contribution >= 4 is 32.3 Å². The van der Waals surface area contributed by atoms with Gasteiger partial charge in [0.05, 0.1) is 27.9 Å². The molecule has 0 aromatic heterocycles. The van der Waals surface area contributed by atoms with Gasteiger partial charge in [-0.25, -0.2) is 0 Å². The first kappa shape index (κ1) is 16.6. The molecule has 2 N–H and O–H groups in total. The van der Waals surface area contributed by atoms with Gasteiger partial charge in [-0.1, -0.05) is 0 Å². The number of fused-ring (bicyclic) bond motifs is 1. The highest BCUT2D eigenvalue weighted by Crippen LogP contribution is 2.35. The van der Waals surface area contributed by atoms with Crippen LogP contribution in [0.15, 0.2) is 69.7 Å². The molecule has 3 aromatic rings. The lowest BCUT2D eigenvalue weighted by molar-refractivity contribution is 0.480. The SMILES string of the molecule is N#Cc1ccc(N=Nc2ccc(O)c3ccc(S(=O)(=O)O)cc23)cc1. The van der Waals surface area contributed by atoms with Crippen molar-refractivity contribution in [3.63, 3.8) is 0 Å². The van der Waals surface area contributed by atoms with Crippen molar-refractivity contribution in [2.24, 2.45) is 10.2 Å². The predicted octanol–water partition coefficient (Wildman–Crippen LogP) is 4.08. The van der Waals surface area contributed by atoms with E-state index in [1.165, 1.54) is 30.3 Å². The lowest BCUT2D eigenvalue weighted by atomic mass is 10.1. The quantitative estimate of drug-likeness (QED) is 0.542. The maximum atomic E-state index is 11.3. The van der Waals surface area contributed by atoms with Gasteiger partial charge in [-0.05, 0) is 54.6 Å². The number of hydrogen-bond acceptors (Lipinski definition) is 6. The zero-order valence-electron chi connectivity index (χ0n) is 12.7. The van der Waals surface area contributed by atoms with E-state index in [1.807, 2.05) is 6.07 Å². The fraction of sp³-hybridized carbons (Fsp3) is 0. The molecule has 0 amide bonds. The molecule has 0 bridgehead atoms. The van der Waals surface area contributed by atoms with Crippen molar-refractivity contribution in [3.05, 3.63) is 60.2 Å². The van der Waals surface area contributed by atoms with Crippen molar-refractivity contribution in [1.29, 1.82) is 5.26 Å². The highest BCUT2D eigenvalue weighted by molar-refractivity contribution is 7.85. The van der Waals surface area contributed by atoms with Gasteiger partial charge in [-0.3, -0.25) is 4.55 Å². The molecule has 3 rings (SSSR count). The molecule has 0 saturated carbocycles. The van der Waals surface area contributed by atoms with Crippen LogP contribution >= 0.6 is 0 Å². The molecule has 8 heteroatoms. The number of hydrogen-bond donors (Lipinski definition) is 2. The lowest BCUT2D eigenvalue weighted by Gasteiger charge is -2.06. The number of azo groups is 1. The fourth-order valence-electron chi connectivity index (χ4n) is 2.26. The molecule has 0 fully saturated rings. The molecular weight excluding hydrogens is 342 g/mol. The second kappa shape index (κ2) is 6.32. The second-order valence-corrected chi connectivity index (χ2v) is 6.57. The summed E-state index contributed by atoms with van der Waals surface area (Å²) < 4.78 is 31.8. The molecule has 0 unspecified atom stereocenters. The van der Waals surface area contributed by atoms with Crippen LogP contribution in [-0.2, 0) is 10.1 Å². The molecule has 0 aliphatic rings. The number of phenolic OH excluding ortho intramolecular Hbond substituents is 1. The van der Waals surface area contributed by atoms with Crippen LogP contribution in [0.5, 0.6) is 5.75 Å². The zero-order chi connectivity index (χ0) is 18.0. The minimum absolute atomic E-state index is 0.0470. The predicted molar refractivity (Wildman–Crippen MR) is 90.8 cm³/mol. The van der Waals surface area contributed by atoms with E-state index in [0.29, 0.717) is 27.7 Å². The van der Waals surface area contributed by atoms with E-state index in [-0.39, 0.29) is 10.6 Å². The van der Waals surface area contributed by atoms with Crippen LogP contribution in [0.25, 0.3) is 10.8 Å². The molecule has 124 valence electrons. The summed E-state index contributed by atoms with van der Waals surface area (Å²) >= 11 is 0. The highest BCUT2D eigenvalue weighted by atomic mass is 32.2. The first-order valence-corrected chi connectivity index (χ1v) is 8.47. The van der Waals surface area contributed by atoms with E-state index < -0.39 is 10.1 Å². The normalized spacial score (nSPS) is 11.7. The van der Waals surface area contributed by atoms with Crippen molar-refractivity contribution in [1.82, 2.24) is 0 Å². The molecule has 0 spiro atoms. The van der Waals surface area contributed by atoms with Crippen LogP contribution < -0.4 is 0 Å². The van der Waals surface area contributed by atoms with Crippen LogP contribution in [-0.4, -0.2) is 18.1 Å². The third-order valence-corrected chi connectivity index (χ3v) is 4.36. The Hall–Kier alpha value is -3.28. The van der Waals surface area contributed by atoms with E-state index >= 15 is 0 Å². The summed E-state index contributed by atoms with van der Waals surface area (Å²) in [5, 5.41) is 27.5. The van der Waals surface area contributed by atoms with Gasteiger partial charge in [-0.2, -0.15) is 18.8 Å². The first-order valence-electron chi connectivity index (χ1n) is 7.03. The Kier molecular flexibility index (Phi) is 4.19. The van der Waals surface area contributed by atoms with E-state index in [9.17, 15) is 18.1 Å². The first-order chi connectivity index (χ1) is 11.9. The third-order valence-electron chi connectivity index (χ3n) is 3.51. The van der Waals surface area contributed by atoms with E-state index in [0.717, 1.165) is 0 Å². The van der Waals surface area contributed by atoms with Gasteiger partial charge in [-0.15, -0.1) is 5.11 Å². The standard InChI is InChI=1S/C17H11N3O4S/c18-10-11-1-3-12(4-2-11)19-20-16-7-8-17(21)14-6-5-13(9-15(14)16)25(22,23)24/h1-9,21H,(H,22,23,24). The highest BCUT2D eigenvalue weighted by Gasteiger charge is 2.13. The van der Waals surface area contributed by atoms with Crippen molar-refractivity contribution in [2.75, 3.05) is 0 Å². The topological polar surface area (TPSA) is 123 Å². The molecule has 0 heterocycles. The van der Waals surface area contributed by atoms with Gasteiger partial charge in [0.1, 0.15) is 5.75 Å². The van der Waals surface area contributed by atoms with E-state index in [4.69, 9.17) is 5.26 Å². The summed E-state index contributed by atoms with van der Waals surface area (Å²) in [4.78, 5) is -0.305. The van der Waals surface area contributed by atoms with Crippen molar-refractivity contribution < 1.29 is 18.1 Å². The summed E-state index contributed by atoms with van der Waals surface area (Å²) in [6, 6.07) is 15.1. The molecule has 0 radical (unpaired) electrons. The van der Waals surface area contributed by atoms with Crippen LogP contribution in [0.4, 0.5) is 11.4 Å². The van der Waals surface area contributed by atoms with Gasteiger partial charge in [0.2, 0.25) is 0 Å². The van der Waals surface area contributed by atoms with Crippen LogP contribution in [0.1, 0.15) is 5.56 Å². The molecule has 25 heavy (non-hydrogen) atoms. The molecule has 0 aliphatic heterocycles. The Morgan fingerprint density at radius 3 is 2.28 bits per heavy atom. The monoisotopic (exact) mass is 353 g/mol. The number of nitrogens with zero attached hydrogens (tertiary/aromatic N) is 3. The number of nitriles is 1. The Balaban J connectivity index is 2.10. The summed E-state index contributed by atoms with van der Waals surface area (Å²) in [6.07, 6.45) is 0. The zero-order valence-corrected chi connectivity index (χ0v) is 13.5. The minimum atomic E-state index is -4.38. The third kappa shape index (κ3) is 3.47. The molecule has 0 saturated heterocycles. The van der Waals surface area contributed by atoms with Gasteiger partial charge >= 0.3 is 0 Å². The Morgan fingerprint density at radius 1 is 0.920 bits per heavy atom. The largest absolute Gasteiger partial charge is 0.507 e. The molecule has 0 aliphatic carbocycles. The summed E-state index contributed by atoms with van der Waals surface area (Å²) in [7, 11) is -4.38. The number of phenols is 1. The molecule has 7 nitrogen and oxygen atoms in total. The van der Waals surface area contributed by atoms with Crippen LogP contribution in [0, 0.1) is 11.3 Å². The Morgan fingerprint density at radius 2 is 1.64 bits per heavy atom. The Bertz CT molecular complexity index is 1130. The van der Waals surface area contributed by atoms with E-state index in [2.05, 4.69) is 10.2 Å². The maximum absolute atomic E-state index is 11.3.